The van der Waals surface area contributed by atoms with Crippen molar-refractivity contribution in [3.63, 3.8) is 0 Å². The molecule has 0 saturated heterocycles. The van der Waals surface area contributed by atoms with Gasteiger partial charge in [-0.05, 0) is 24.1 Å². The summed E-state index contributed by atoms with van der Waals surface area (Å²) in [5, 5.41) is 0. The molecule has 1 rings (SSSR count). The monoisotopic (exact) mass is 148 g/mol. The second-order valence-corrected chi connectivity index (χ2v) is 2.33. The van der Waals surface area contributed by atoms with Crippen molar-refractivity contribution in [3.05, 3.63) is 30.0 Å². The average Bonchev–Trinajstić information content (AvgIpc) is 2.04. The molecule has 0 bridgehead atoms. The van der Waals surface area contributed by atoms with Crippen molar-refractivity contribution in [1.29, 1.82) is 0 Å². The zero-order valence-electron chi connectivity index (χ0n) is 6.62. The maximum absolute atomic E-state index is 5.42. The Labute approximate surface area is 66.8 Å². The van der Waals surface area contributed by atoms with Gasteiger partial charge in [-0.25, -0.2) is 4.98 Å². The van der Waals surface area contributed by atoms with Crippen molar-refractivity contribution in [2.24, 2.45) is 0 Å². The first-order chi connectivity index (χ1) is 5.33. The molecule has 0 aliphatic heterocycles. The third-order valence-electron chi connectivity index (χ3n) is 1.36. The Morgan fingerprint density at radius 2 is 2.36 bits per heavy atom. The molecule has 0 aromatic carbocycles. The number of nitrogens with zero attached hydrogens (tertiary/aromatic N) is 1. The van der Waals surface area contributed by atoms with Crippen molar-refractivity contribution in [2.75, 3.05) is 5.73 Å². The number of nitrogen functional groups attached to an aromatic ring is 1. The Morgan fingerprint density at radius 1 is 1.55 bits per heavy atom. The van der Waals surface area contributed by atoms with Gasteiger partial charge in [0.05, 0.1) is 0 Å². The fraction of sp³-hybridized carbons (Fsp3) is 0.222. The van der Waals surface area contributed by atoms with Gasteiger partial charge in [0.25, 0.3) is 0 Å². The summed E-state index contributed by atoms with van der Waals surface area (Å²) in [5.41, 5.74) is 6.52. The molecule has 0 fully saturated rings. The predicted molar refractivity (Wildman–Crippen MR) is 48.0 cm³/mol. The van der Waals surface area contributed by atoms with Crippen LogP contribution in [0.1, 0.15) is 18.9 Å². The largest absolute Gasteiger partial charge is 0.384 e. The predicted octanol–water partition coefficient (Wildman–Crippen LogP) is 2.09. The fourth-order valence-electron chi connectivity index (χ4n) is 0.769. The molecule has 2 N–H and O–H groups in total. The minimum Gasteiger partial charge on any atom is -0.384 e. The van der Waals surface area contributed by atoms with Crippen LogP contribution in [0.25, 0.3) is 6.08 Å². The smallest absolute Gasteiger partial charge is 0.123 e. The number of aromatic nitrogens is 1. The molecule has 0 amide bonds. The lowest BCUT2D eigenvalue weighted by Gasteiger charge is -1.92. The van der Waals surface area contributed by atoms with Crippen molar-refractivity contribution in [2.45, 2.75) is 13.3 Å². The molecule has 1 aromatic rings. The molecule has 2 nitrogen and oxygen atoms in total. The molecule has 0 aliphatic rings. The van der Waals surface area contributed by atoms with Crippen molar-refractivity contribution < 1.29 is 0 Å². The second kappa shape index (κ2) is 3.76. The van der Waals surface area contributed by atoms with Gasteiger partial charge in [0.1, 0.15) is 5.82 Å². The molecule has 2 heteroatoms. The Balaban J connectivity index is 2.73. The Bertz CT molecular complexity index is 236. The lowest BCUT2D eigenvalue weighted by molar-refractivity contribution is 1.23. The molecule has 0 spiro atoms. The molecule has 0 radical (unpaired) electrons. The highest BCUT2D eigenvalue weighted by Crippen LogP contribution is 2.03. The molecule has 0 saturated carbocycles. The topological polar surface area (TPSA) is 38.9 Å². The molecule has 11 heavy (non-hydrogen) atoms. The van der Waals surface area contributed by atoms with E-state index in [0.717, 1.165) is 12.0 Å². The van der Waals surface area contributed by atoms with E-state index in [1.807, 2.05) is 12.1 Å². The van der Waals surface area contributed by atoms with Gasteiger partial charge in [-0.15, -0.1) is 0 Å². The van der Waals surface area contributed by atoms with Crippen molar-refractivity contribution in [3.8, 4) is 0 Å². The Hall–Kier alpha value is -1.31. The van der Waals surface area contributed by atoms with Gasteiger partial charge in [-0.3, -0.25) is 0 Å². The van der Waals surface area contributed by atoms with E-state index in [4.69, 9.17) is 5.73 Å². The highest BCUT2D eigenvalue weighted by molar-refractivity contribution is 5.49. The summed E-state index contributed by atoms with van der Waals surface area (Å²) in [6.07, 6.45) is 6.94. The van der Waals surface area contributed by atoms with Gasteiger partial charge in [0.2, 0.25) is 0 Å². The van der Waals surface area contributed by atoms with Crippen LogP contribution in [-0.2, 0) is 0 Å². The van der Waals surface area contributed by atoms with Crippen molar-refractivity contribution in [1.82, 2.24) is 4.98 Å². The van der Waals surface area contributed by atoms with E-state index < -0.39 is 0 Å². The van der Waals surface area contributed by atoms with Crippen LogP contribution in [0.2, 0.25) is 0 Å². The summed E-state index contributed by atoms with van der Waals surface area (Å²) < 4.78 is 0. The summed E-state index contributed by atoms with van der Waals surface area (Å²) in [6, 6.07) is 3.75. The van der Waals surface area contributed by atoms with E-state index in [0.29, 0.717) is 5.82 Å². The number of allylic oxidation sites excluding steroid dienone is 1. The van der Waals surface area contributed by atoms with Crippen LogP contribution < -0.4 is 5.73 Å². The average molecular weight is 148 g/mol. The standard InChI is InChI=1S/C9H12N2/c1-2-3-4-8-5-6-9(10)11-7-8/h3-7H,2H2,1H3,(H2,10,11)/b4-3-. The van der Waals surface area contributed by atoms with E-state index in [1.165, 1.54) is 0 Å². The molecular weight excluding hydrogens is 136 g/mol. The van der Waals surface area contributed by atoms with Crippen LogP contribution >= 0.6 is 0 Å². The molecular formula is C9H12N2. The molecule has 58 valence electrons. The first kappa shape index (κ1) is 7.79. The summed E-state index contributed by atoms with van der Waals surface area (Å²) in [5.74, 6) is 0.568. The van der Waals surface area contributed by atoms with Gasteiger partial charge >= 0.3 is 0 Å². The van der Waals surface area contributed by atoms with E-state index in [9.17, 15) is 0 Å². The van der Waals surface area contributed by atoms with Crippen molar-refractivity contribution >= 4 is 11.9 Å². The summed E-state index contributed by atoms with van der Waals surface area (Å²) in [7, 11) is 0. The second-order valence-electron chi connectivity index (χ2n) is 2.33. The Morgan fingerprint density at radius 3 is 2.91 bits per heavy atom. The number of hydrogen-bond donors (Lipinski definition) is 1. The van der Waals surface area contributed by atoms with E-state index in [1.54, 1.807) is 12.3 Å². The highest BCUT2D eigenvalue weighted by atomic mass is 14.8. The van der Waals surface area contributed by atoms with Crippen LogP contribution in [0, 0.1) is 0 Å². The van der Waals surface area contributed by atoms with Crippen LogP contribution in [0.15, 0.2) is 24.4 Å². The number of anilines is 1. The maximum atomic E-state index is 5.42. The van der Waals surface area contributed by atoms with Gasteiger partial charge in [0.15, 0.2) is 0 Å². The molecule has 1 heterocycles. The first-order valence-electron chi connectivity index (χ1n) is 3.71. The van der Waals surface area contributed by atoms with Gasteiger partial charge in [-0.2, -0.15) is 0 Å². The van der Waals surface area contributed by atoms with E-state index in [-0.39, 0.29) is 0 Å². The normalized spacial score (nSPS) is 10.6. The summed E-state index contributed by atoms with van der Waals surface area (Å²) in [4.78, 5) is 3.96. The van der Waals surface area contributed by atoms with Crippen LogP contribution in [0.5, 0.6) is 0 Å². The molecule has 1 aromatic heterocycles. The molecule has 0 unspecified atom stereocenters. The summed E-state index contributed by atoms with van der Waals surface area (Å²) >= 11 is 0. The lowest BCUT2D eigenvalue weighted by Crippen LogP contribution is -1.87. The number of hydrogen-bond acceptors (Lipinski definition) is 2. The lowest BCUT2D eigenvalue weighted by atomic mass is 10.2. The minimum atomic E-state index is 0.568. The first-order valence-corrected chi connectivity index (χ1v) is 3.71. The van der Waals surface area contributed by atoms with Gasteiger partial charge in [0, 0.05) is 6.20 Å². The number of nitrogens with two attached hydrogens (primary N) is 1. The highest BCUT2D eigenvalue weighted by Gasteiger charge is 1.85. The third-order valence-corrected chi connectivity index (χ3v) is 1.36. The van der Waals surface area contributed by atoms with Crippen LogP contribution in [0.3, 0.4) is 0 Å². The van der Waals surface area contributed by atoms with Crippen LogP contribution in [0.4, 0.5) is 5.82 Å². The third kappa shape index (κ3) is 2.42. The van der Waals surface area contributed by atoms with E-state index >= 15 is 0 Å². The minimum absolute atomic E-state index is 0.568. The summed E-state index contributed by atoms with van der Waals surface area (Å²) in [6.45, 7) is 2.10. The zero-order valence-corrected chi connectivity index (χ0v) is 6.62. The number of rotatable bonds is 2. The Kier molecular flexibility index (Phi) is 2.66. The SMILES string of the molecule is CC/C=C\c1ccc(N)nc1. The van der Waals surface area contributed by atoms with Gasteiger partial charge in [-0.1, -0.05) is 19.1 Å². The maximum Gasteiger partial charge on any atom is 0.123 e. The molecule has 0 aliphatic carbocycles. The number of pyridine rings is 1. The zero-order chi connectivity index (χ0) is 8.10. The van der Waals surface area contributed by atoms with E-state index in [2.05, 4.69) is 18.0 Å². The van der Waals surface area contributed by atoms with Crippen LogP contribution in [-0.4, -0.2) is 4.98 Å². The molecule has 0 atom stereocenters. The quantitative estimate of drug-likeness (QED) is 0.697. The fourth-order valence-corrected chi connectivity index (χ4v) is 0.769. The van der Waals surface area contributed by atoms with Gasteiger partial charge < -0.3 is 5.73 Å².